The lowest BCUT2D eigenvalue weighted by Crippen LogP contribution is -2.51. The van der Waals surface area contributed by atoms with Crippen LogP contribution in [0.3, 0.4) is 0 Å². The largest absolute Gasteiger partial charge is 0.369 e. The molecule has 9 heteroatoms. The molecule has 4 aliphatic rings. The SMILES string of the molecule is Cc1cc(Nc2ncc(F)c(N[C@H]3[C@@H](C(N)=O)[C@@H]4C=C[C@H]3CC4)n2)ccc1N1CCN(C)CC1. The zero-order valence-corrected chi connectivity index (χ0v) is 19.7. The summed E-state index contributed by atoms with van der Waals surface area (Å²) in [5.74, 6) is -0.703. The quantitative estimate of drug-likeness (QED) is 0.564. The average Bonchev–Trinajstić information content (AvgIpc) is 2.82. The van der Waals surface area contributed by atoms with Crippen LogP contribution in [0.4, 0.5) is 27.5 Å². The first kappa shape index (κ1) is 22.6. The molecule has 0 unspecified atom stereocenters. The second-order valence-electron chi connectivity index (χ2n) is 9.69. The number of likely N-dealkylation sites (N-methyl/N-ethyl adjacent to an activating group) is 1. The highest BCUT2D eigenvalue weighted by atomic mass is 19.1. The Bertz CT molecular complexity index is 1100. The number of hydrogen-bond donors (Lipinski definition) is 3. The van der Waals surface area contributed by atoms with Crippen molar-refractivity contribution in [3.05, 3.63) is 47.9 Å². The van der Waals surface area contributed by atoms with E-state index < -0.39 is 5.82 Å². The number of nitrogens with two attached hydrogens (primary N) is 1. The topological polar surface area (TPSA) is 99.4 Å². The van der Waals surface area contributed by atoms with E-state index in [0.717, 1.165) is 56.5 Å². The Morgan fingerprint density at radius 2 is 1.88 bits per heavy atom. The molecule has 2 fully saturated rings. The molecule has 1 amide bonds. The van der Waals surface area contributed by atoms with Crippen molar-refractivity contribution in [3.8, 4) is 0 Å². The minimum absolute atomic E-state index is 0.0838. The number of piperazine rings is 1. The van der Waals surface area contributed by atoms with Crippen molar-refractivity contribution < 1.29 is 9.18 Å². The van der Waals surface area contributed by atoms with Gasteiger partial charge in [0, 0.05) is 43.6 Å². The highest BCUT2D eigenvalue weighted by Crippen LogP contribution is 2.42. The Morgan fingerprint density at radius 3 is 2.56 bits per heavy atom. The van der Waals surface area contributed by atoms with E-state index in [1.807, 2.05) is 6.07 Å². The lowest BCUT2D eigenvalue weighted by atomic mass is 9.65. The third-order valence-electron chi connectivity index (χ3n) is 7.42. The zero-order chi connectivity index (χ0) is 23.8. The van der Waals surface area contributed by atoms with Crippen LogP contribution in [-0.4, -0.2) is 60.0 Å². The molecule has 2 bridgehead atoms. The second-order valence-corrected chi connectivity index (χ2v) is 9.69. The van der Waals surface area contributed by atoms with Crippen molar-refractivity contribution in [1.29, 1.82) is 0 Å². The third-order valence-corrected chi connectivity index (χ3v) is 7.42. The van der Waals surface area contributed by atoms with Crippen LogP contribution in [0.5, 0.6) is 0 Å². The van der Waals surface area contributed by atoms with E-state index >= 15 is 0 Å². The van der Waals surface area contributed by atoms with Gasteiger partial charge in [-0.1, -0.05) is 12.2 Å². The van der Waals surface area contributed by atoms with Gasteiger partial charge in [-0.25, -0.2) is 9.37 Å². The second kappa shape index (κ2) is 9.21. The van der Waals surface area contributed by atoms with E-state index in [9.17, 15) is 9.18 Å². The van der Waals surface area contributed by atoms with Crippen LogP contribution < -0.4 is 21.3 Å². The Labute approximate surface area is 199 Å². The van der Waals surface area contributed by atoms with Gasteiger partial charge in [-0.05, 0) is 62.4 Å². The van der Waals surface area contributed by atoms with Gasteiger partial charge in [0.1, 0.15) is 0 Å². The molecule has 4 atom stereocenters. The molecule has 1 saturated carbocycles. The number of nitrogens with one attached hydrogen (secondary N) is 2. The molecule has 6 rings (SSSR count). The number of rotatable bonds is 6. The van der Waals surface area contributed by atoms with Crippen LogP contribution in [0, 0.1) is 30.5 Å². The average molecular weight is 466 g/mol. The number of anilines is 4. The number of carbonyl (C=O) groups excluding carboxylic acids is 1. The monoisotopic (exact) mass is 465 g/mol. The van der Waals surface area contributed by atoms with Crippen molar-refractivity contribution in [1.82, 2.24) is 14.9 Å². The molecule has 1 aromatic heterocycles. The number of nitrogens with zero attached hydrogens (tertiary/aromatic N) is 4. The Hall–Kier alpha value is -3.20. The molecular formula is C25H32FN7O. The molecular weight excluding hydrogens is 433 g/mol. The van der Waals surface area contributed by atoms with E-state index in [4.69, 9.17) is 5.73 Å². The molecule has 180 valence electrons. The molecule has 1 saturated heterocycles. The first-order valence-electron chi connectivity index (χ1n) is 12.0. The fourth-order valence-electron chi connectivity index (χ4n) is 5.53. The summed E-state index contributed by atoms with van der Waals surface area (Å²) in [4.78, 5) is 25.4. The number of allylic oxidation sites excluding steroid dienone is 1. The molecule has 4 N–H and O–H groups in total. The van der Waals surface area contributed by atoms with Crippen LogP contribution in [0.1, 0.15) is 18.4 Å². The molecule has 2 heterocycles. The van der Waals surface area contributed by atoms with Crippen LogP contribution in [0.25, 0.3) is 0 Å². The van der Waals surface area contributed by atoms with E-state index in [1.54, 1.807) is 0 Å². The normalized spacial score (nSPS) is 26.5. The first-order valence-corrected chi connectivity index (χ1v) is 12.0. The molecule has 0 spiro atoms. The van der Waals surface area contributed by atoms with Crippen LogP contribution in [-0.2, 0) is 4.79 Å². The first-order chi connectivity index (χ1) is 16.4. The number of hydrogen-bond acceptors (Lipinski definition) is 7. The number of primary amides is 1. The van der Waals surface area contributed by atoms with E-state index in [1.165, 1.54) is 5.69 Å². The van der Waals surface area contributed by atoms with Gasteiger partial charge in [0.2, 0.25) is 11.9 Å². The minimum atomic E-state index is -0.555. The van der Waals surface area contributed by atoms with Crippen molar-refractivity contribution >= 4 is 29.0 Å². The summed E-state index contributed by atoms with van der Waals surface area (Å²) in [5.41, 5.74) is 8.91. The molecule has 34 heavy (non-hydrogen) atoms. The van der Waals surface area contributed by atoms with Gasteiger partial charge in [-0.3, -0.25) is 4.79 Å². The highest BCUT2D eigenvalue weighted by molar-refractivity contribution is 5.79. The van der Waals surface area contributed by atoms with Crippen molar-refractivity contribution in [2.75, 3.05) is 48.8 Å². The molecule has 1 aromatic carbocycles. The maximum absolute atomic E-state index is 14.6. The molecule has 2 aromatic rings. The number of aryl methyl sites for hydroxylation is 1. The molecule has 0 radical (unpaired) electrons. The van der Waals surface area contributed by atoms with Gasteiger partial charge in [-0.15, -0.1) is 0 Å². The van der Waals surface area contributed by atoms with Gasteiger partial charge in [0.15, 0.2) is 11.6 Å². The lowest BCUT2D eigenvalue weighted by Gasteiger charge is -2.43. The predicted molar refractivity (Wildman–Crippen MR) is 132 cm³/mol. The predicted octanol–water partition coefficient (Wildman–Crippen LogP) is 2.90. The van der Waals surface area contributed by atoms with Gasteiger partial charge < -0.3 is 26.2 Å². The van der Waals surface area contributed by atoms with E-state index in [-0.39, 0.29) is 35.5 Å². The third kappa shape index (κ3) is 4.44. The summed E-state index contributed by atoms with van der Waals surface area (Å²) in [5, 5.41) is 6.37. The van der Waals surface area contributed by atoms with E-state index in [0.29, 0.717) is 5.95 Å². The summed E-state index contributed by atoms with van der Waals surface area (Å²) in [6.07, 6.45) is 7.20. The van der Waals surface area contributed by atoms with Gasteiger partial charge in [-0.2, -0.15) is 4.98 Å². The standard InChI is InChI=1S/C25H32FN7O/c1-15-13-18(7-8-20(15)33-11-9-32(2)10-12-33)29-25-28-14-19(26)24(31-25)30-22-17-5-3-16(4-6-17)21(22)23(27)34/h3,5,7-8,13-14,16-17,21-22H,4,6,9-12H2,1-2H3,(H2,27,34)(H2,28,29,30,31)/t16-,17+,21+,22-/m1/s1. The Balaban J connectivity index is 1.32. The highest BCUT2D eigenvalue weighted by Gasteiger charge is 2.44. The summed E-state index contributed by atoms with van der Waals surface area (Å²) < 4.78 is 14.6. The number of benzene rings is 1. The molecule has 8 nitrogen and oxygen atoms in total. The summed E-state index contributed by atoms with van der Waals surface area (Å²) in [7, 11) is 2.15. The molecule has 3 aliphatic carbocycles. The smallest absolute Gasteiger partial charge is 0.229 e. The fourth-order valence-corrected chi connectivity index (χ4v) is 5.53. The fraction of sp³-hybridized carbons (Fsp3) is 0.480. The number of carbonyl (C=O) groups is 1. The van der Waals surface area contributed by atoms with Gasteiger partial charge in [0.05, 0.1) is 12.1 Å². The van der Waals surface area contributed by atoms with Crippen LogP contribution in [0.2, 0.25) is 0 Å². The number of aromatic nitrogens is 2. The summed E-state index contributed by atoms with van der Waals surface area (Å²) in [6, 6.07) is 5.88. The van der Waals surface area contributed by atoms with Crippen molar-refractivity contribution in [2.24, 2.45) is 23.5 Å². The van der Waals surface area contributed by atoms with Gasteiger partial charge in [0.25, 0.3) is 0 Å². The van der Waals surface area contributed by atoms with Crippen molar-refractivity contribution in [2.45, 2.75) is 25.8 Å². The van der Waals surface area contributed by atoms with Crippen LogP contribution >= 0.6 is 0 Å². The number of amides is 1. The van der Waals surface area contributed by atoms with Crippen molar-refractivity contribution in [3.63, 3.8) is 0 Å². The van der Waals surface area contributed by atoms with E-state index in [2.05, 4.69) is 68.7 Å². The van der Waals surface area contributed by atoms with Gasteiger partial charge >= 0.3 is 0 Å². The molecule has 1 aliphatic heterocycles. The lowest BCUT2D eigenvalue weighted by molar-refractivity contribution is -0.124. The maximum atomic E-state index is 14.6. The summed E-state index contributed by atoms with van der Waals surface area (Å²) in [6.45, 7) is 6.20. The number of halogens is 1. The zero-order valence-electron chi connectivity index (χ0n) is 19.7. The minimum Gasteiger partial charge on any atom is -0.369 e. The van der Waals surface area contributed by atoms with Crippen LogP contribution in [0.15, 0.2) is 36.5 Å². The number of fused-ring (bicyclic) bond motifs is 2. The summed E-state index contributed by atoms with van der Waals surface area (Å²) >= 11 is 0. The maximum Gasteiger partial charge on any atom is 0.229 e. The Kier molecular flexibility index (Phi) is 6.12. The Morgan fingerprint density at radius 1 is 1.15 bits per heavy atom.